The Morgan fingerprint density at radius 1 is 1.22 bits per heavy atom. The van der Waals surface area contributed by atoms with Crippen molar-refractivity contribution in [2.24, 2.45) is 11.8 Å². The number of amides is 2. The number of nitrogens with zero attached hydrogens (tertiary/aromatic N) is 1. The Labute approximate surface area is 228 Å². The third-order valence-corrected chi connectivity index (χ3v) is 8.62. The second-order valence-corrected chi connectivity index (χ2v) is 11.4. The monoisotopic (exact) mass is 537 g/mol. The summed E-state index contributed by atoms with van der Waals surface area (Å²) in [6.45, 7) is 2.66. The lowest BCUT2D eigenvalue weighted by atomic mass is 9.74. The van der Waals surface area contributed by atoms with Crippen molar-refractivity contribution in [1.29, 1.82) is 0 Å². The predicted molar refractivity (Wildman–Crippen MR) is 149 cm³/mol. The summed E-state index contributed by atoms with van der Waals surface area (Å²) in [5.41, 5.74) is -0.202. The van der Waals surface area contributed by atoms with Crippen molar-refractivity contribution < 1.29 is 19.4 Å². The van der Waals surface area contributed by atoms with E-state index in [2.05, 4.69) is 10.6 Å². The zero-order valence-electron chi connectivity index (χ0n) is 23.0. The van der Waals surface area contributed by atoms with E-state index in [-0.39, 0.29) is 18.0 Å². The number of carbonyl (C=O) groups is 1. The van der Waals surface area contributed by atoms with Gasteiger partial charge in [0.15, 0.2) is 0 Å². The minimum Gasteiger partial charge on any atom is -0.385 e. The molecule has 3 N–H and O–H groups in total. The highest BCUT2D eigenvalue weighted by Gasteiger charge is 2.41. The van der Waals surface area contributed by atoms with Crippen LogP contribution >= 0.6 is 11.6 Å². The molecule has 1 aliphatic heterocycles. The van der Waals surface area contributed by atoms with Crippen LogP contribution in [0.4, 0.5) is 4.79 Å². The maximum atomic E-state index is 13.4. The highest BCUT2D eigenvalue weighted by atomic mass is 35.5. The molecule has 0 unspecified atom stereocenters. The number of carbonyl (C=O) groups excluding carboxylic acids is 1. The lowest BCUT2D eigenvalue weighted by Crippen LogP contribution is -2.54. The molecule has 0 aromatic heterocycles. The molecule has 0 spiro atoms. The minimum absolute atomic E-state index is 0.0247. The number of ether oxygens (including phenoxy) is 2. The molecule has 0 radical (unpaired) electrons. The number of methoxy groups -OCH3 is 2. The molecule has 1 saturated heterocycles. The van der Waals surface area contributed by atoms with Gasteiger partial charge in [0.1, 0.15) is 0 Å². The third-order valence-electron chi connectivity index (χ3n) is 8.39. The summed E-state index contributed by atoms with van der Waals surface area (Å²) in [5, 5.41) is 19.3. The standard InChI is InChI=1S/C29H48ClN3O4/c1-31-20-26(18-22-11-13-27(37-3)14-12-22)32-28(34)33-16-7-9-24(21-33)29(35,15-4-5-17-36-2)23-8-6-10-25(30)19-23/h6,8,10,19,22,24,26-27,31,35H,4-5,7,9,11-18,20-21H2,1-3H3,(H,32,34)/t22-,24-,26+,27-,29-/m1/s1. The summed E-state index contributed by atoms with van der Waals surface area (Å²) in [4.78, 5) is 15.3. The van der Waals surface area contributed by atoms with Crippen LogP contribution in [0, 0.1) is 11.8 Å². The van der Waals surface area contributed by atoms with Crippen LogP contribution in [0.15, 0.2) is 24.3 Å². The Kier molecular flexibility index (Phi) is 12.5. The van der Waals surface area contributed by atoms with Gasteiger partial charge < -0.3 is 30.1 Å². The number of unbranched alkanes of at least 4 members (excludes halogenated alkanes) is 1. The molecule has 2 aliphatic rings. The van der Waals surface area contributed by atoms with Crippen LogP contribution in [-0.2, 0) is 15.1 Å². The number of benzene rings is 1. The second-order valence-electron chi connectivity index (χ2n) is 11.0. The molecule has 1 aromatic carbocycles. The van der Waals surface area contributed by atoms with Crippen molar-refractivity contribution in [2.45, 2.75) is 82.0 Å². The molecule has 3 atom stereocenters. The average Bonchev–Trinajstić information content (AvgIpc) is 2.91. The number of likely N-dealkylation sites (tertiary alicyclic amines) is 1. The number of nitrogens with one attached hydrogen (secondary N) is 2. The molecule has 7 nitrogen and oxygen atoms in total. The van der Waals surface area contributed by atoms with Crippen molar-refractivity contribution in [3.05, 3.63) is 34.9 Å². The van der Waals surface area contributed by atoms with Crippen molar-refractivity contribution in [3.8, 4) is 0 Å². The normalized spacial score (nSPS) is 24.9. The quantitative estimate of drug-likeness (QED) is 0.310. The van der Waals surface area contributed by atoms with E-state index in [1.807, 2.05) is 36.2 Å². The summed E-state index contributed by atoms with van der Waals surface area (Å²) in [5.74, 6) is 0.555. The topological polar surface area (TPSA) is 83.1 Å². The molecular weight excluding hydrogens is 490 g/mol. The minimum atomic E-state index is -1.04. The maximum Gasteiger partial charge on any atom is 0.317 e. The van der Waals surface area contributed by atoms with Crippen LogP contribution in [0.5, 0.6) is 0 Å². The van der Waals surface area contributed by atoms with Crippen LogP contribution in [0.25, 0.3) is 0 Å². The number of urea groups is 1. The summed E-state index contributed by atoms with van der Waals surface area (Å²) < 4.78 is 10.7. The van der Waals surface area contributed by atoms with Gasteiger partial charge in [0.25, 0.3) is 0 Å². The van der Waals surface area contributed by atoms with Crippen molar-refractivity contribution >= 4 is 17.6 Å². The Hall–Kier alpha value is -1.38. The third kappa shape index (κ3) is 8.82. The number of aliphatic hydroxyl groups is 1. The van der Waals surface area contributed by atoms with Crippen LogP contribution in [-0.4, -0.2) is 75.7 Å². The first-order valence-electron chi connectivity index (χ1n) is 14.1. The highest BCUT2D eigenvalue weighted by Crippen LogP contribution is 2.40. The summed E-state index contributed by atoms with van der Waals surface area (Å²) in [6, 6.07) is 7.63. The Morgan fingerprint density at radius 3 is 2.68 bits per heavy atom. The summed E-state index contributed by atoms with van der Waals surface area (Å²) in [7, 11) is 5.44. The average molecular weight is 538 g/mol. The molecule has 37 heavy (non-hydrogen) atoms. The lowest BCUT2D eigenvalue weighted by molar-refractivity contribution is -0.0564. The molecular formula is C29H48ClN3O4. The van der Waals surface area contributed by atoms with Gasteiger partial charge in [0.05, 0.1) is 11.7 Å². The Balaban J connectivity index is 1.65. The molecule has 1 aliphatic carbocycles. The van der Waals surface area contributed by atoms with Gasteiger partial charge in [0, 0.05) is 57.4 Å². The molecule has 1 aromatic rings. The SMILES string of the molecule is CNC[C@H](C[C@H]1CC[C@H](OC)CC1)NC(=O)N1CCC[C@@H]([C@@](O)(CCCCOC)c2cccc(Cl)c2)C1. The molecule has 1 saturated carbocycles. The number of likely N-dealkylation sites (N-methyl/N-ethyl adjacent to an activating group) is 1. The zero-order valence-corrected chi connectivity index (χ0v) is 23.8. The van der Waals surface area contributed by atoms with Crippen LogP contribution in [0.3, 0.4) is 0 Å². The van der Waals surface area contributed by atoms with Crippen LogP contribution in [0.2, 0.25) is 5.02 Å². The fraction of sp³-hybridized carbons (Fsp3) is 0.759. The second kappa shape index (κ2) is 15.3. The molecule has 8 heteroatoms. The molecule has 2 fully saturated rings. The van der Waals surface area contributed by atoms with Crippen LogP contribution < -0.4 is 10.6 Å². The lowest BCUT2D eigenvalue weighted by Gasteiger charge is -2.43. The van der Waals surface area contributed by atoms with E-state index in [1.165, 1.54) is 0 Å². The summed E-state index contributed by atoms with van der Waals surface area (Å²) in [6.07, 6.45) is 9.94. The van der Waals surface area contributed by atoms with Crippen molar-refractivity contribution in [1.82, 2.24) is 15.5 Å². The highest BCUT2D eigenvalue weighted by molar-refractivity contribution is 6.30. The van der Waals surface area contributed by atoms with Gasteiger partial charge in [-0.2, -0.15) is 0 Å². The first-order valence-corrected chi connectivity index (χ1v) is 14.5. The van der Waals surface area contributed by atoms with Gasteiger partial charge in [-0.15, -0.1) is 0 Å². The van der Waals surface area contributed by atoms with E-state index in [4.69, 9.17) is 21.1 Å². The van der Waals surface area contributed by atoms with Crippen LogP contribution in [0.1, 0.15) is 69.8 Å². The first-order chi connectivity index (χ1) is 17.9. The zero-order chi connectivity index (χ0) is 26.7. The Morgan fingerprint density at radius 2 is 2.00 bits per heavy atom. The van der Waals surface area contributed by atoms with Gasteiger partial charge >= 0.3 is 6.03 Å². The number of piperidine rings is 1. The number of hydrogen-bond acceptors (Lipinski definition) is 5. The van der Waals surface area contributed by atoms with E-state index < -0.39 is 5.60 Å². The van der Waals surface area contributed by atoms with E-state index >= 15 is 0 Å². The van der Waals surface area contributed by atoms with Gasteiger partial charge in [0.2, 0.25) is 0 Å². The van der Waals surface area contributed by atoms with Gasteiger partial charge in [-0.25, -0.2) is 4.79 Å². The molecule has 3 rings (SSSR count). The number of halogens is 1. The molecule has 0 bridgehead atoms. The van der Waals surface area contributed by atoms with Crippen molar-refractivity contribution in [3.63, 3.8) is 0 Å². The Bertz CT molecular complexity index is 820. The molecule has 1 heterocycles. The van der Waals surface area contributed by atoms with Crippen molar-refractivity contribution in [2.75, 3.05) is 47.5 Å². The first kappa shape index (κ1) is 30.2. The van der Waals surface area contributed by atoms with E-state index in [9.17, 15) is 9.90 Å². The van der Waals surface area contributed by atoms with Gasteiger partial charge in [-0.3, -0.25) is 0 Å². The molecule has 210 valence electrons. The van der Waals surface area contributed by atoms with E-state index in [1.54, 1.807) is 14.2 Å². The largest absolute Gasteiger partial charge is 0.385 e. The fourth-order valence-corrected chi connectivity index (χ4v) is 6.44. The van der Waals surface area contributed by atoms with Gasteiger partial charge in [-0.05, 0) is 94.9 Å². The fourth-order valence-electron chi connectivity index (χ4n) is 6.25. The van der Waals surface area contributed by atoms with E-state index in [0.717, 1.165) is 69.9 Å². The number of hydrogen-bond donors (Lipinski definition) is 3. The molecule has 2 amide bonds. The number of rotatable bonds is 13. The predicted octanol–water partition coefficient (Wildman–Crippen LogP) is 4.95. The smallest absolute Gasteiger partial charge is 0.317 e. The van der Waals surface area contributed by atoms with E-state index in [0.29, 0.717) is 43.2 Å². The summed E-state index contributed by atoms with van der Waals surface area (Å²) >= 11 is 6.32. The van der Waals surface area contributed by atoms with Gasteiger partial charge in [-0.1, -0.05) is 23.7 Å². The maximum absolute atomic E-state index is 13.4.